The zero-order valence-electron chi connectivity index (χ0n) is 9.44. The minimum absolute atomic E-state index is 0.0602. The van der Waals surface area contributed by atoms with Crippen LogP contribution in [0.2, 0.25) is 0 Å². The van der Waals surface area contributed by atoms with Crippen LogP contribution in [0.5, 0.6) is 0 Å². The van der Waals surface area contributed by atoms with Crippen molar-refractivity contribution in [3.8, 4) is 0 Å². The number of aliphatic hydroxyl groups is 2. The van der Waals surface area contributed by atoms with Crippen LogP contribution < -0.4 is 0 Å². The number of amides is 2. The molecular weight excluding hydrogens is 250 g/mol. The minimum Gasteiger partial charge on any atom is -0.481 e. The van der Waals surface area contributed by atoms with Gasteiger partial charge in [0.05, 0.1) is 12.8 Å². The van der Waals surface area contributed by atoms with Crippen molar-refractivity contribution in [3.05, 3.63) is 0 Å². The third-order valence-electron chi connectivity index (χ3n) is 2.01. The molecule has 0 saturated carbocycles. The first-order valence-electron chi connectivity index (χ1n) is 4.78. The van der Waals surface area contributed by atoms with Gasteiger partial charge in [-0.15, -0.1) is 0 Å². The van der Waals surface area contributed by atoms with Gasteiger partial charge in [-0.05, 0) is 0 Å². The number of likely N-dealkylation sites (N-methyl/N-ethyl adjacent to an activating group) is 1. The highest BCUT2D eigenvalue weighted by atomic mass is 16.4. The van der Waals surface area contributed by atoms with E-state index < -0.39 is 36.5 Å². The summed E-state index contributed by atoms with van der Waals surface area (Å²) >= 11 is 0. The van der Waals surface area contributed by atoms with Crippen LogP contribution in [-0.4, -0.2) is 68.3 Å². The summed E-state index contributed by atoms with van der Waals surface area (Å²) in [6, 6.07) is 0. The Hall–Kier alpha value is -2.00. The molecule has 0 aliphatic carbocycles. The molecule has 102 valence electrons. The summed E-state index contributed by atoms with van der Waals surface area (Å²) in [5.41, 5.74) is 0. The molecule has 9 nitrogen and oxygen atoms in total. The molecule has 0 aromatic carbocycles. The molecule has 0 unspecified atom stereocenters. The Morgan fingerprint density at radius 2 is 1.89 bits per heavy atom. The molecule has 0 radical (unpaired) electrons. The van der Waals surface area contributed by atoms with Crippen LogP contribution in [0.25, 0.3) is 0 Å². The van der Waals surface area contributed by atoms with E-state index in [1.807, 2.05) is 0 Å². The lowest BCUT2D eigenvalue weighted by molar-refractivity contribution is -0.152. The predicted octanol–water partition coefficient (Wildman–Crippen LogP) is -2.36. The van der Waals surface area contributed by atoms with Crippen molar-refractivity contribution in [2.75, 3.05) is 7.05 Å². The molecule has 0 bridgehead atoms. The van der Waals surface area contributed by atoms with Gasteiger partial charge in [-0.1, -0.05) is 0 Å². The third-order valence-corrected chi connectivity index (χ3v) is 2.01. The molecule has 1 saturated heterocycles. The molecule has 0 spiro atoms. The fourth-order valence-electron chi connectivity index (χ4n) is 0.989. The summed E-state index contributed by atoms with van der Waals surface area (Å²) < 4.78 is 0. The maximum absolute atomic E-state index is 10.6. The largest absolute Gasteiger partial charge is 0.481 e. The molecular formula is C9H13NO8. The standard InChI is InChI=1S/C5H7NO3.C4H6O5/c1-6-4(8)2-3(7)5(6)9;5-2(4(8)9)1-3(6)7/h3,7H,2H2,1H3;2,5H,1H2,(H,6,7)(H,8,9)/t3-;2-/m00/s1. The topological polar surface area (TPSA) is 152 Å². The number of nitrogens with zero attached hydrogens (tertiary/aromatic N) is 1. The van der Waals surface area contributed by atoms with E-state index in [2.05, 4.69) is 0 Å². The third kappa shape index (κ3) is 4.89. The molecule has 1 heterocycles. The van der Waals surface area contributed by atoms with Gasteiger partial charge in [0.2, 0.25) is 5.91 Å². The van der Waals surface area contributed by atoms with Gasteiger partial charge in [0.15, 0.2) is 6.10 Å². The van der Waals surface area contributed by atoms with Crippen molar-refractivity contribution >= 4 is 23.8 Å². The number of imide groups is 1. The van der Waals surface area contributed by atoms with Crippen LogP contribution in [0.15, 0.2) is 0 Å². The Kier molecular flexibility index (Phi) is 5.93. The average Bonchev–Trinajstić information content (AvgIpc) is 2.45. The Morgan fingerprint density at radius 3 is 2.00 bits per heavy atom. The summed E-state index contributed by atoms with van der Waals surface area (Å²) in [6.45, 7) is 0. The summed E-state index contributed by atoms with van der Waals surface area (Å²) in [4.78, 5) is 41.5. The van der Waals surface area contributed by atoms with E-state index in [1.165, 1.54) is 7.05 Å². The Labute approximate surface area is 101 Å². The molecule has 1 aliphatic heterocycles. The number of carbonyl (C=O) groups excluding carboxylic acids is 2. The summed E-state index contributed by atoms with van der Waals surface area (Å²) in [5, 5.41) is 32.9. The number of rotatable bonds is 3. The molecule has 1 rings (SSSR count). The van der Waals surface area contributed by atoms with E-state index in [4.69, 9.17) is 20.4 Å². The maximum atomic E-state index is 10.6. The number of aliphatic hydroxyl groups excluding tert-OH is 2. The van der Waals surface area contributed by atoms with Crippen molar-refractivity contribution in [1.82, 2.24) is 4.90 Å². The highest BCUT2D eigenvalue weighted by Gasteiger charge is 2.34. The number of hydrogen-bond acceptors (Lipinski definition) is 6. The highest BCUT2D eigenvalue weighted by molar-refractivity contribution is 6.04. The lowest BCUT2D eigenvalue weighted by atomic mass is 10.3. The number of hydrogen-bond donors (Lipinski definition) is 4. The zero-order valence-corrected chi connectivity index (χ0v) is 9.44. The van der Waals surface area contributed by atoms with E-state index in [0.717, 1.165) is 4.90 Å². The Bertz CT molecular complexity index is 364. The van der Waals surface area contributed by atoms with Crippen LogP contribution in [0, 0.1) is 0 Å². The average molecular weight is 263 g/mol. The Morgan fingerprint density at radius 1 is 1.39 bits per heavy atom. The van der Waals surface area contributed by atoms with Crippen LogP contribution in [0.1, 0.15) is 12.8 Å². The lowest BCUT2D eigenvalue weighted by Crippen LogP contribution is -2.27. The molecule has 2 amide bonds. The maximum Gasteiger partial charge on any atom is 0.333 e. The molecule has 2 atom stereocenters. The smallest absolute Gasteiger partial charge is 0.333 e. The van der Waals surface area contributed by atoms with Crippen LogP contribution >= 0.6 is 0 Å². The van der Waals surface area contributed by atoms with Crippen LogP contribution in [-0.2, 0) is 19.2 Å². The van der Waals surface area contributed by atoms with Gasteiger partial charge < -0.3 is 20.4 Å². The van der Waals surface area contributed by atoms with Gasteiger partial charge in [0, 0.05) is 7.05 Å². The van der Waals surface area contributed by atoms with Crippen molar-refractivity contribution in [2.45, 2.75) is 25.0 Å². The molecule has 9 heteroatoms. The minimum atomic E-state index is -1.79. The van der Waals surface area contributed by atoms with Crippen molar-refractivity contribution in [2.24, 2.45) is 0 Å². The van der Waals surface area contributed by atoms with Gasteiger partial charge >= 0.3 is 11.9 Å². The predicted molar refractivity (Wildman–Crippen MR) is 54.3 cm³/mol. The number of likely N-dealkylation sites (tertiary alicyclic amines) is 1. The summed E-state index contributed by atoms with van der Waals surface area (Å²) in [6.07, 6.45) is -3.70. The van der Waals surface area contributed by atoms with E-state index in [-0.39, 0.29) is 12.3 Å². The van der Waals surface area contributed by atoms with Gasteiger partial charge in [0.25, 0.3) is 5.91 Å². The second-order valence-corrected chi connectivity index (χ2v) is 3.46. The van der Waals surface area contributed by atoms with Gasteiger partial charge in [-0.25, -0.2) is 4.79 Å². The lowest BCUT2D eigenvalue weighted by Gasteiger charge is -2.02. The second-order valence-electron chi connectivity index (χ2n) is 3.46. The number of carboxylic acids is 2. The fraction of sp³-hybridized carbons (Fsp3) is 0.556. The van der Waals surface area contributed by atoms with Crippen molar-refractivity contribution < 1.29 is 39.6 Å². The molecule has 0 aromatic rings. The molecule has 4 N–H and O–H groups in total. The molecule has 0 aromatic heterocycles. The molecule has 18 heavy (non-hydrogen) atoms. The van der Waals surface area contributed by atoms with Crippen molar-refractivity contribution in [1.29, 1.82) is 0 Å². The number of carbonyl (C=O) groups is 4. The van der Waals surface area contributed by atoms with Crippen molar-refractivity contribution in [3.63, 3.8) is 0 Å². The number of carboxylic acid groups (broad SMARTS) is 2. The quantitative estimate of drug-likeness (QED) is 0.412. The van der Waals surface area contributed by atoms with Crippen LogP contribution in [0.4, 0.5) is 0 Å². The normalized spacial score (nSPS) is 20.2. The van der Waals surface area contributed by atoms with Gasteiger partial charge in [-0.2, -0.15) is 0 Å². The fourth-order valence-corrected chi connectivity index (χ4v) is 0.989. The highest BCUT2D eigenvalue weighted by Crippen LogP contribution is 2.08. The monoisotopic (exact) mass is 263 g/mol. The first-order valence-corrected chi connectivity index (χ1v) is 4.78. The summed E-state index contributed by atoms with van der Waals surface area (Å²) in [7, 11) is 1.36. The number of aliphatic carboxylic acids is 2. The SMILES string of the molecule is CN1C(=O)C[C@H](O)C1=O.O=C(O)C[C@H](O)C(=O)O. The van der Waals surface area contributed by atoms with E-state index >= 15 is 0 Å². The van der Waals surface area contributed by atoms with E-state index in [9.17, 15) is 19.2 Å². The van der Waals surface area contributed by atoms with E-state index in [0.29, 0.717) is 0 Å². The second kappa shape index (κ2) is 6.67. The first-order chi connectivity index (χ1) is 8.16. The zero-order chi connectivity index (χ0) is 14.5. The van der Waals surface area contributed by atoms with Gasteiger partial charge in [-0.3, -0.25) is 19.3 Å². The summed E-state index contributed by atoms with van der Waals surface area (Å²) in [5.74, 6) is -3.66. The molecule has 1 aliphatic rings. The van der Waals surface area contributed by atoms with Crippen LogP contribution in [0.3, 0.4) is 0 Å². The van der Waals surface area contributed by atoms with E-state index in [1.54, 1.807) is 0 Å². The first kappa shape index (κ1) is 16.0. The Balaban J connectivity index is 0.000000321. The van der Waals surface area contributed by atoms with Gasteiger partial charge in [0.1, 0.15) is 6.10 Å². The molecule has 1 fully saturated rings.